The van der Waals surface area contributed by atoms with Crippen LogP contribution in [0.2, 0.25) is 0 Å². The molecule has 0 spiro atoms. The number of benzene rings is 1. The number of hydrogen-bond donors (Lipinski definition) is 0. The van der Waals surface area contributed by atoms with E-state index in [0.29, 0.717) is 0 Å². The van der Waals surface area contributed by atoms with Crippen LogP contribution in [0.25, 0.3) is 0 Å². The SMILES string of the molecule is CO[C@@H]1OC[C@@H]2OC(C)(C)O[C@H]2[C@H]1OS(=O)(=O)c1ccc([N+](=O)[O-])cc1. The molecule has 2 heterocycles. The van der Waals surface area contributed by atoms with E-state index >= 15 is 0 Å². The normalized spacial score (nSPS) is 30.7. The first-order chi connectivity index (χ1) is 12.1. The summed E-state index contributed by atoms with van der Waals surface area (Å²) >= 11 is 0. The topological polar surface area (TPSA) is 123 Å². The van der Waals surface area contributed by atoms with Gasteiger partial charge in [-0.15, -0.1) is 0 Å². The van der Waals surface area contributed by atoms with Crippen molar-refractivity contribution in [1.82, 2.24) is 0 Å². The van der Waals surface area contributed by atoms with Gasteiger partial charge in [0, 0.05) is 19.2 Å². The lowest BCUT2D eigenvalue weighted by Crippen LogP contribution is -2.54. The number of fused-ring (bicyclic) bond motifs is 1. The predicted molar refractivity (Wildman–Crippen MR) is 85.7 cm³/mol. The summed E-state index contributed by atoms with van der Waals surface area (Å²) in [4.78, 5) is 9.86. The minimum atomic E-state index is -4.24. The van der Waals surface area contributed by atoms with E-state index in [1.165, 1.54) is 7.11 Å². The Morgan fingerprint density at radius 1 is 1.23 bits per heavy atom. The molecule has 2 saturated heterocycles. The lowest BCUT2D eigenvalue weighted by molar-refractivity contribution is -0.384. The molecule has 0 aliphatic carbocycles. The molecule has 26 heavy (non-hydrogen) atoms. The Morgan fingerprint density at radius 3 is 2.46 bits per heavy atom. The van der Waals surface area contributed by atoms with Crippen molar-refractivity contribution in [3.63, 3.8) is 0 Å². The maximum Gasteiger partial charge on any atom is 0.297 e. The van der Waals surface area contributed by atoms with Crippen LogP contribution in [0, 0.1) is 10.1 Å². The van der Waals surface area contributed by atoms with E-state index in [1.807, 2.05) is 0 Å². The Labute approximate surface area is 150 Å². The van der Waals surface area contributed by atoms with Crippen LogP contribution in [-0.2, 0) is 33.2 Å². The van der Waals surface area contributed by atoms with Gasteiger partial charge >= 0.3 is 0 Å². The molecule has 3 rings (SSSR count). The highest BCUT2D eigenvalue weighted by atomic mass is 32.2. The zero-order chi connectivity index (χ0) is 19.1. The maximum absolute atomic E-state index is 12.6. The lowest BCUT2D eigenvalue weighted by Gasteiger charge is -2.35. The standard InChI is InChI=1S/C15H19NO9S/c1-15(2)23-11-8-22-14(21-3)13(12(11)24-15)25-26(19,20)10-6-4-9(5-7-10)16(17)18/h4-7,11-14H,8H2,1-3H3/t11-,12+,13+,14+/m0/s1. The molecule has 2 aliphatic heterocycles. The van der Waals surface area contributed by atoms with Gasteiger partial charge in [-0.05, 0) is 26.0 Å². The van der Waals surface area contributed by atoms with Crippen molar-refractivity contribution in [3.8, 4) is 0 Å². The molecule has 0 unspecified atom stereocenters. The maximum atomic E-state index is 12.6. The van der Waals surface area contributed by atoms with Gasteiger partial charge in [0.2, 0.25) is 0 Å². The summed E-state index contributed by atoms with van der Waals surface area (Å²) in [6.45, 7) is 3.58. The zero-order valence-electron chi connectivity index (χ0n) is 14.4. The van der Waals surface area contributed by atoms with Crippen molar-refractivity contribution in [2.45, 2.75) is 49.1 Å². The fourth-order valence-electron chi connectivity index (χ4n) is 2.95. The molecule has 0 N–H and O–H groups in total. The summed E-state index contributed by atoms with van der Waals surface area (Å²) in [6.07, 6.45) is -3.28. The van der Waals surface area contributed by atoms with Crippen molar-refractivity contribution in [2.75, 3.05) is 13.7 Å². The van der Waals surface area contributed by atoms with Gasteiger partial charge in [-0.2, -0.15) is 8.42 Å². The summed E-state index contributed by atoms with van der Waals surface area (Å²) in [7, 11) is -2.88. The van der Waals surface area contributed by atoms with Gasteiger partial charge in [-0.3, -0.25) is 14.3 Å². The highest BCUT2D eigenvalue weighted by Gasteiger charge is 2.53. The van der Waals surface area contributed by atoms with Crippen LogP contribution in [0.1, 0.15) is 13.8 Å². The van der Waals surface area contributed by atoms with Gasteiger partial charge < -0.3 is 18.9 Å². The Hall–Kier alpha value is -1.63. The van der Waals surface area contributed by atoms with E-state index in [0.717, 1.165) is 24.3 Å². The number of nitro groups is 1. The number of methoxy groups -OCH3 is 1. The van der Waals surface area contributed by atoms with Gasteiger partial charge in [0.25, 0.3) is 15.8 Å². The number of nitro benzene ring substituents is 1. The molecule has 0 saturated carbocycles. The van der Waals surface area contributed by atoms with Gasteiger partial charge in [-0.1, -0.05) is 0 Å². The van der Waals surface area contributed by atoms with E-state index in [-0.39, 0.29) is 17.2 Å². The predicted octanol–water partition coefficient (Wildman–Crippen LogP) is 1.19. The molecule has 2 aliphatic rings. The molecule has 2 fully saturated rings. The Morgan fingerprint density at radius 2 is 1.88 bits per heavy atom. The number of non-ortho nitro benzene ring substituents is 1. The fraction of sp³-hybridized carbons (Fsp3) is 0.600. The first-order valence-electron chi connectivity index (χ1n) is 7.81. The van der Waals surface area contributed by atoms with Crippen LogP contribution >= 0.6 is 0 Å². The minimum absolute atomic E-state index is 0.171. The van der Waals surface area contributed by atoms with Crippen LogP contribution < -0.4 is 0 Å². The smallest absolute Gasteiger partial charge is 0.297 e. The summed E-state index contributed by atoms with van der Waals surface area (Å²) in [5.74, 6) is -0.917. The quantitative estimate of drug-likeness (QED) is 0.415. The van der Waals surface area contributed by atoms with Gasteiger partial charge in [0.15, 0.2) is 18.2 Å². The second kappa shape index (κ2) is 6.83. The van der Waals surface area contributed by atoms with Crippen molar-refractivity contribution < 1.29 is 36.5 Å². The van der Waals surface area contributed by atoms with E-state index < -0.39 is 45.4 Å². The van der Waals surface area contributed by atoms with Crippen LogP contribution in [-0.4, -0.2) is 57.4 Å². The Balaban J connectivity index is 1.85. The molecule has 144 valence electrons. The average molecular weight is 389 g/mol. The van der Waals surface area contributed by atoms with Gasteiger partial charge in [0.05, 0.1) is 16.4 Å². The molecule has 0 amide bonds. The van der Waals surface area contributed by atoms with E-state index in [2.05, 4.69) is 0 Å². The molecular formula is C15H19NO9S. The van der Waals surface area contributed by atoms with Crippen molar-refractivity contribution in [3.05, 3.63) is 34.4 Å². The first kappa shape index (κ1) is 19.1. The second-order valence-electron chi connectivity index (χ2n) is 6.34. The van der Waals surface area contributed by atoms with Crippen LogP contribution in [0.4, 0.5) is 5.69 Å². The largest absolute Gasteiger partial charge is 0.353 e. The monoisotopic (exact) mass is 389 g/mol. The lowest BCUT2D eigenvalue weighted by atomic mass is 10.1. The minimum Gasteiger partial charge on any atom is -0.353 e. The molecule has 10 nitrogen and oxygen atoms in total. The zero-order valence-corrected chi connectivity index (χ0v) is 15.2. The Kier molecular flexibility index (Phi) is 5.03. The summed E-state index contributed by atoms with van der Waals surface area (Å²) in [6, 6.07) is 4.38. The number of nitrogens with zero attached hydrogens (tertiary/aromatic N) is 1. The van der Waals surface area contributed by atoms with Crippen LogP contribution in [0.5, 0.6) is 0 Å². The Bertz CT molecular complexity index is 777. The van der Waals surface area contributed by atoms with E-state index in [9.17, 15) is 18.5 Å². The summed E-state index contributed by atoms with van der Waals surface area (Å²) < 4.78 is 52.6. The summed E-state index contributed by atoms with van der Waals surface area (Å²) in [5, 5.41) is 10.7. The molecule has 1 aromatic rings. The molecule has 0 radical (unpaired) electrons. The van der Waals surface area contributed by atoms with E-state index in [1.54, 1.807) is 13.8 Å². The fourth-order valence-corrected chi connectivity index (χ4v) is 4.02. The highest BCUT2D eigenvalue weighted by Crippen LogP contribution is 2.37. The van der Waals surface area contributed by atoms with E-state index in [4.69, 9.17) is 23.1 Å². The third-order valence-corrected chi connectivity index (χ3v) is 5.37. The first-order valence-corrected chi connectivity index (χ1v) is 9.21. The third-order valence-electron chi connectivity index (χ3n) is 4.04. The molecule has 11 heteroatoms. The average Bonchev–Trinajstić information content (AvgIpc) is 2.89. The van der Waals surface area contributed by atoms with Crippen molar-refractivity contribution in [1.29, 1.82) is 0 Å². The van der Waals surface area contributed by atoms with Gasteiger partial charge in [-0.25, -0.2) is 0 Å². The summed E-state index contributed by atoms with van der Waals surface area (Å²) in [5.41, 5.74) is -0.228. The highest BCUT2D eigenvalue weighted by molar-refractivity contribution is 7.86. The molecule has 1 aromatic carbocycles. The molecule has 4 atom stereocenters. The van der Waals surface area contributed by atoms with Crippen LogP contribution in [0.15, 0.2) is 29.2 Å². The number of hydrogen-bond acceptors (Lipinski definition) is 9. The number of rotatable bonds is 5. The van der Waals surface area contributed by atoms with Crippen LogP contribution in [0.3, 0.4) is 0 Å². The molecule has 0 bridgehead atoms. The third kappa shape index (κ3) is 3.72. The van der Waals surface area contributed by atoms with Crippen molar-refractivity contribution in [2.24, 2.45) is 0 Å². The second-order valence-corrected chi connectivity index (χ2v) is 7.91. The molecular weight excluding hydrogens is 370 g/mol. The molecule has 0 aromatic heterocycles. The van der Waals surface area contributed by atoms with Gasteiger partial charge in [0.1, 0.15) is 12.2 Å². The van der Waals surface area contributed by atoms with Crippen molar-refractivity contribution >= 4 is 15.8 Å². The number of ether oxygens (including phenoxy) is 4.